The highest BCUT2D eigenvalue weighted by molar-refractivity contribution is 5.77. The quantitative estimate of drug-likeness (QED) is 0.721. The molecule has 5 heteroatoms. The lowest BCUT2D eigenvalue weighted by Gasteiger charge is -2.42. The highest BCUT2D eigenvalue weighted by Crippen LogP contribution is 2.23. The number of amides is 1. The third-order valence-corrected chi connectivity index (χ3v) is 3.51. The largest absolute Gasteiger partial charge is 0.378 e. The van der Waals surface area contributed by atoms with Gasteiger partial charge in [-0.2, -0.15) is 0 Å². The van der Waals surface area contributed by atoms with Crippen LogP contribution in [0.3, 0.4) is 0 Å². The van der Waals surface area contributed by atoms with Crippen molar-refractivity contribution >= 4 is 5.91 Å². The predicted octanol–water partition coefficient (Wildman–Crippen LogP) is 0.176. The van der Waals surface area contributed by atoms with Gasteiger partial charge in [-0.25, -0.2) is 0 Å². The molecule has 0 aromatic rings. The summed E-state index contributed by atoms with van der Waals surface area (Å²) in [5.74, 6) is 0.0294. The van der Waals surface area contributed by atoms with E-state index < -0.39 is 0 Å². The van der Waals surface area contributed by atoms with Crippen LogP contribution in [0.1, 0.15) is 32.6 Å². The van der Waals surface area contributed by atoms with E-state index in [4.69, 9.17) is 15.2 Å². The second-order valence-corrected chi connectivity index (χ2v) is 4.83. The number of nitrogens with two attached hydrogens (primary N) is 1. The highest BCUT2D eigenvalue weighted by atomic mass is 16.5. The maximum Gasteiger partial charge on any atom is 0.222 e. The van der Waals surface area contributed by atoms with Gasteiger partial charge in [-0.15, -0.1) is 0 Å². The van der Waals surface area contributed by atoms with Crippen LogP contribution >= 0.6 is 0 Å². The van der Waals surface area contributed by atoms with Gasteiger partial charge in [0.15, 0.2) is 0 Å². The number of hydrogen-bond acceptors (Lipinski definition) is 4. The minimum Gasteiger partial charge on any atom is -0.378 e. The lowest BCUT2D eigenvalue weighted by atomic mass is 9.83. The predicted molar refractivity (Wildman–Crippen MR) is 63.5 cm³/mol. The van der Waals surface area contributed by atoms with Crippen LogP contribution in [0.25, 0.3) is 0 Å². The number of carbonyl (C=O) groups excluding carboxylic acids is 1. The van der Waals surface area contributed by atoms with Crippen molar-refractivity contribution in [2.75, 3.05) is 13.2 Å². The summed E-state index contributed by atoms with van der Waals surface area (Å²) in [5, 5.41) is 2.96. The van der Waals surface area contributed by atoms with Crippen molar-refractivity contribution in [3.8, 4) is 0 Å². The van der Waals surface area contributed by atoms with Crippen LogP contribution < -0.4 is 11.1 Å². The Morgan fingerprint density at radius 2 is 2.41 bits per heavy atom. The Bertz CT molecular complexity index is 264. The molecule has 2 aliphatic rings. The summed E-state index contributed by atoms with van der Waals surface area (Å²) in [4.78, 5) is 11.8. The van der Waals surface area contributed by atoms with Gasteiger partial charge in [0.05, 0.1) is 24.7 Å². The number of hydrogen-bond donors (Lipinski definition) is 2. The first-order chi connectivity index (χ1) is 8.20. The molecule has 1 aliphatic carbocycles. The lowest BCUT2D eigenvalue weighted by molar-refractivity contribution is -0.127. The van der Waals surface area contributed by atoms with Crippen molar-refractivity contribution in [1.29, 1.82) is 0 Å². The first kappa shape index (κ1) is 12.8. The molecule has 2 rings (SSSR count). The summed E-state index contributed by atoms with van der Waals surface area (Å²) in [6.45, 7) is 3.40. The average molecular weight is 242 g/mol. The maximum absolute atomic E-state index is 11.8. The first-order valence-corrected chi connectivity index (χ1v) is 6.49. The van der Waals surface area contributed by atoms with Crippen molar-refractivity contribution < 1.29 is 14.3 Å². The van der Waals surface area contributed by atoms with Gasteiger partial charge in [-0.05, 0) is 26.2 Å². The van der Waals surface area contributed by atoms with Gasteiger partial charge in [0.2, 0.25) is 5.91 Å². The highest BCUT2D eigenvalue weighted by Gasteiger charge is 2.40. The molecule has 4 unspecified atom stereocenters. The zero-order valence-corrected chi connectivity index (χ0v) is 10.4. The Hall–Kier alpha value is -0.650. The van der Waals surface area contributed by atoms with Crippen LogP contribution in [-0.4, -0.2) is 43.4 Å². The minimum absolute atomic E-state index is 0.0242. The van der Waals surface area contributed by atoms with Crippen LogP contribution in [0.2, 0.25) is 0 Å². The van der Waals surface area contributed by atoms with Crippen LogP contribution in [-0.2, 0) is 14.3 Å². The second kappa shape index (κ2) is 5.80. The smallest absolute Gasteiger partial charge is 0.222 e. The van der Waals surface area contributed by atoms with Gasteiger partial charge in [0.1, 0.15) is 0 Å². The van der Waals surface area contributed by atoms with Gasteiger partial charge < -0.3 is 20.5 Å². The molecule has 0 aromatic carbocycles. The molecule has 3 N–H and O–H groups in total. The summed E-state index contributed by atoms with van der Waals surface area (Å²) in [6, 6.07) is 0.00356. The van der Waals surface area contributed by atoms with E-state index >= 15 is 0 Å². The van der Waals surface area contributed by atoms with Crippen molar-refractivity contribution in [2.45, 2.75) is 56.9 Å². The van der Waals surface area contributed by atoms with Crippen LogP contribution in [0.5, 0.6) is 0 Å². The number of ether oxygens (including phenoxy) is 2. The van der Waals surface area contributed by atoms with Crippen molar-refractivity contribution in [3.05, 3.63) is 0 Å². The minimum atomic E-state index is -0.0242. The molecule has 0 aromatic heterocycles. The summed E-state index contributed by atoms with van der Waals surface area (Å²) in [6.07, 6.45) is 3.50. The molecule has 0 spiro atoms. The maximum atomic E-state index is 11.8. The Balaban J connectivity index is 1.73. The fourth-order valence-electron chi connectivity index (χ4n) is 2.48. The second-order valence-electron chi connectivity index (χ2n) is 4.83. The lowest BCUT2D eigenvalue weighted by Crippen LogP contribution is -2.64. The molecule has 1 amide bonds. The van der Waals surface area contributed by atoms with E-state index in [9.17, 15) is 4.79 Å². The fraction of sp³-hybridized carbons (Fsp3) is 0.917. The van der Waals surface area contributed by atoms with Crippen LogP contribution in [0, 0.1) is 0 Å². The SMILES string of the molecule is CCOC1CC(N)C1NC(=O)CC1CCCO1. The third kappa shape index (κ3) is 3.18. The fourth-order valence-corrected chi connectivity index (χ4v) is 2.48. The Morgan fingerprint density at radius 3 is 3.00 bits per heavy atom. The molecule has 5 nitrogen and oxygen atoms in total. The molecule has 1 saturated carbocycles. The Kier molecular flexibility index (Phi) is 4.36. The molecule has 2 fully saturated rings. The molecular formula is C12H22N2O3. The van der Waals surface area contributed by atoms with E-state index in [1.807, 2.05) is 6.92 Å². The van der Waals surface area contributed by atoms with Crippen LogP contribution in [0.4, 0.5) is 0 Å². The summed E-state index contributed by atoms with van der Waals surface area (Å²) >= 11 is 0. The number of nitrogens with one attached hydrogen (secondary N) is 1. The monoisotopic (exact) mass is 242 g/mol. The molecule has 0 bridgehead atoms. The van der Waals surface area contributed by atoms with Gasteiger partial charge in [-0.3, -0.25) is 4.79 Å². The van der Waals surface area contributed by atoms with Gasteiger partial charge in [0, 0.05) is 19.3 Å². The van der Waals surface area contributed by atoms with E-state index in [0.717, 1.165) is 25.9 Å². The number of carbonyl (C=O) groups is 1. The van der Waals surface area contributed by atoms with E-state index in [-0.39, 0.29) is 30.2 Å². The molecule has 1 aliphatic heterocycles. The Labute approximate surface area is 102 Å². The van der Waals surface area contributed by atoms with Crippen molar-refractivity contribution in [1.82, 2.24) is 5.32 Å². The van der Waals surface area contributed by atoms with Gasteiger partial charge in [0.25, 0.3) is 0 Å². The molecular weight excluding hydrogens is 220 g/mol. The molecule has 17 heavy (non-hydrogen) atoms. The third-order valence-electron chi connectivity index (χ3n) is 3.51. The standard InChI is InChI=1S/C12H22N2O3/c1-2-16-10-7-9(13)12(10)14-11(15)6-8-4-3-5-17-8/h8-10,12H,2-7,13H2,1H3,(H,14,15). The normalized spacial score (nSPS) is 36.6. The van der Waals surface area contributed by atoms with Crippen molar-refractivity contribution in [3.63, 3.8) is 0 Å². The molecule has 0 radical (unpaired) electrons. The zero-order chi connectivity index (χ0) is 12.3. The first-order valence-electron chi connectivity index (χ1n) is 6.49. The summed E-state index contributed by atoms with van der Waals surface area (Å²) in [7, 11) is 0. The molecule has 4 atom stereocenters. The van der Waals surface area contributed by atoms with E-state index in [1.165, 1.54) is 0 Å². The van der Waals surface area contributed by atoms with E-state index in [0.29, 0.717) is 13.0 Å². The molecule has 1 heterocycles. The Morgan fingerprint density at radius 1 is 1.59 bits per heavy atom. The van der Waals surface area contributed by atoms with E-state index in [1.54, 1.807) is 0 Å². The summed E-state index contributed by atoms with van der Waals surface area (Å²) < 4.78 is 10.9. The topological polar surface area (TPSA) is 73.6 Å². The average Bonchev–Trinajstić information content (AvgIpc) is 2.79. The van der Waals surface area contributed by atoms with Gasteiger partial charge in [-0.1, -0.05) is 0 Å². The molecule has 1 saturated heterocycles. The van der Waals surface area contributed by atoms with Gasteiger partial charge >= 0.3 is 0 Å². The number of rotatable bonds is 5. The van der Waals surface area contributed by atoms with Crippen LogP contribution in [0.15, 0.2) is 0 Å². The molecule has 98 valence electrons. The van der Waals surface area contributed by atoms with E-state index in [2.05, 4.69) is 5.32 Å². The van der Waals surface area contributed by atoms with Crippen molar-refractivity contribution in [2.24, 2.45) is 5.73 Å². The summed E-state index contributed by atoms with van der Waals surface area (Å²) in [5.41, 5.74) is 5.87. The zero-order valence-electron chi connectivity index (χ0n) is 10.4.